The van der Waals surface area contributed by atoms with Gasteiger partial charge in [0.25, 0.3) is 0 Å². The summed E-state index contributed by atoms with van der Waals surface area (Å²) >= 11 is 0. The summed E-state index contributed by atoms with van der Waals surface area (Å²) in [6.45, 7) is 0. The molecular weight excluding hydrogens is 232 g/mol. The minimum atomic E-state index is -0.299. The van der Waals surface area contributed by atoms with Crippen molar-refractivity contribution in [2.45, 2.75) is 6.42 Å². The van der Waals surface area contributed by atoms with E-state index >= 15 is 0 Å². The number of ether oxygens (including phenoxy) is 1. The van der Waals surface area contributed by atoms with Crippen molar-refractivity contribution in [2.75, 3.05) is 7.11 Å². The molecule has 0 N–H and O–H groups in total. The highest BCUT2D eigenvalue weighted by molar-refractivity contribution is 5.79. The van der Waals surface area contributed by atoms with E-state index in [1.165, 1.54) is 19.4 Å². The van der Waals surface area contributed by atoms with Crippen molar-refractivity contribution >= 4 is 23.0 Å². The molecule has 0 amide bonds. The molecule has 0 saturated heterocycles. The molecule has 0 saturated carbocycles. The number of benzene rings is 1. The molecule has 0 unspecified atom stereocenters. The van der Waals surface area contributed by atoms with Crippen LogP contribution in [0.25, 0.3) is 17.0 Å². The highest BCUT2D eigenvalue weighted by atomic mass is 16.5. The van der Waals surface area contributed by atoms with Gasteiger partial charge in [-0.25, -0.2) is 0 Å². The lowest BCUT2D eigenvalue weighted by molar-refractivity contribution is -0.139. The van der Waals surface area contributed by atoms with Gasteiger partial charge in [0.05, 0.1) is 25.2 Å². The fraction of sp³-hybridized carbons (Fsp3) is 0.143. The van der Waals surface area contributed by atoms with E-state index in [2.05, 4.69) is 4.74 Å². The Hall–Kier alpha value is -2.36. The second-order valence-corrected chi connectivity index (χ2v) is 3.72. The van der Waals surface area contributed by atoms with Crippen molar-refractivity contribution in [1.82, 2.24) is 0 Å². The summed E-state index contributed by atoms with van der Waals surface area (Å²) < 4.78 is 9.73. The Morgan fingerprint density at radius 1 is 1.39 bits per heavy atom. The summed E-state index contributed by atoms with van der Waals surface area (Å²) in [5.74, 6) is -0.299. The number of esters is 1. The average Bonchev–Trinajstić information content (AvgIpc) is 2.39. The molecule has 0 fully saturated rings. The average molecular weight is 244 g/mol. The van der Waals surface area contributed by atoms with E-state index in [1.807, 2.05) is 6.07 Å². The lowest BCUT2D eigenvalue weighted by Crippen LogP contribution is -1.98. The van der Waals surface area contributed by atoms with E-state index in [9.17, 15) is 9.59 Å². The molecule has 0 atom stereocenters. The van der Waals surface area contributed by atoms with Crippen LogP contribution in [0.3, 0.4) is 0 Å². The molecular formula is C14H12O4. The molecule has 4 nitrogen and oxygen atoms in total. The maximum Gasteiger partial charge on any atom is 0.309 e. The van der Waals surface area contributed by atoms with Gasteiger partial charge in [-0.1, -0.05) is 18.2 Å². The smallest absolute Gasteiger partial charge is 0.309 e. The molecule has 0 spiro atoms. The Balaban J connectivity index is 2.28. The van der Waals surface area contributed by atoms with Crippen molar-refractivity contribution in [3.8, 4) is 0 Å². The van der Waals surface area contributed by atoms with Gasteiger partial charge in [-0.3, -0.25) is 9.59 Å². The van der Waals surface area contributed by atoms with E-state index in [0.29, 0.717) is 11.0 Å². The SMILES string of the molecule is COC(=O)CC=Cc1ccc2occc(=O)c2c1. The Bertz CT molecular complexity index is 652. The molecule has 0 aliphatic rings. The Morgan fingerprint density at radius 3 is 3.00 bits per heavy atom. The molecule has 2 rings (SSSR count). The summed E-state index contributed by atoms with van der Waals surface area (Å²) in [6.07, 6.45) is 5.04. The van der Waals surface area contributed by atoms with Gasteiger partial charge in [0.1, 0.15) is 5.58 Å². The second kappa shape index (κ2) is 5.31. The van der Waals surface area contributed by atoms with Crippen LogP contribution in [0, 0.1) is 0 Å². The van der Waals surface area contributed by atoms with Crippen LogP contribution in [-0.2, 0) is 9.53 Å². The zero-order valence-electron chi connectivity index (χ0n) is 9.88. The molecule has 1 aromatic heterocycles. The third kappa shape index (κ3) is 2.66. The number of fused-ring (bicyclic) bond motifs is 1. The van der Waals surface area contributed by atoms with E-state index in [1.54, 1.807) is 24.3 Å². The predicted molar refractivity (Wildman–Crippen MR) is 68.2 cm³/mol. The Labute approximate surface area is 103 Å². The van der Waals surface area contributed by atoms with E-state index in [-0.39, 0.29) is 17.8 Å². The number of rotatable bonds is 3. The second-order valence-electron chi connectivity index (χ2n) is 3.72. The Kier molecular flexibility index (Phi) is 3.57. The van der Waals surface area contributed by atoms with Gasteiger partial charge < -0.3 is 9.15 Å². The number of hydrogen-bond acceptors (Lipinski definition) is 4. The number of methoxy groups -OCH3 is 1. The normalized spacial score (nSPS) is 10.9. The third-order valence-electron chi connectivity index (χ3n) is 2.51. The molecule has 18 heavy (non-hydrogen) atoms. The van der Waals surface area contributed by atoms with Gasteiger partial charge in [-0.15, -0.1) is 0 Å². The number of hydrogen-bond donors (Lipinski definition) is 0. The minimum absolute atomic E-state index is 0.0838. The summed E-state index contributed by atoms with van der Waals surface area (Å²) in [4.78, 5) is 22.5. The largest absolute Gasteiger partial charge is 0.469 e. The molecule has 0 radical (unpaired) electrons. The van der Waals surface area contributed by atoms with Crippen molar-refractivity contribution in [1.29, 1.82) is 0 Å². The lowest BCUT2D eigenvalue weighted by Gasteiger charge is -1.97. The first-order chi connectivity index (χ1) is 8.70. The zero-order valence-corrected chi connectivity index (χ0v) is 9.88. The quantitative estimate of drug-likeness (QED) is 0.778. The topological polar surface area (TPSA) is 56.5 Å². The zero-order chi connectivity index (χ0) is 13.0. The molecule has 0 aliphatic heterocycles. The van der Waals surface area contributed by atoms with Crippen molar-refractivity contribution in [3.05, 3.63) is 52.4 Å². The van der Waals surface area contributed by atoms with Gasteiger partial charge >= 0.3 is 5.97 Å². The van der Waals surface area contributed by atoms with Gasteiger partial charge in [0.15, 0.2) is 5.43 Å². The van der Waals surface area contributed by atoms with E-state index < -0.39 is 0 Å². The first-order valence-corrected chi connectivity index (χ1v) is 5.45. The fourth-order valence-electron chi connectivity index (χ4n) is 1.58. The van der Waals surface area contributed by atoms with Crippen LogP contribution in [0.2, 0.25) is 0 Å². The standard InChI is InChI=1S/C14H12O4/c1-17-14(16)4-2-3-10-5-6-13-11(9-10)12(15)7-8-18-13/h2-3,5-9H,4H2,1H3. The van der Waals surface area contributed by atoms with Gasteiger partial charge in [-0.2, -0.15) is 0 Å². The van der Waals surface area contributed by atoms with Gasteiger partial charge in [0.2, 0.25) is 0 Å². The molecule has 92 valence electrons. The monoisotopic (exact) mass is 244 g/mol. The van der Waals surface area contributed by atoms with Crippen LogP contribution in [0.15, 0.2) is 45.8 Å². The van der Waals surface area contributed by atoms with Crippen LogP contribution < -0.4 is 5.43 Å². The maximum atomic E-state index is 11.6. The minimum Gasteiger partial charge on any atom is -0.469 e. The molecule has 4 heteroatoms. The van der Waals surface area contributed by atoms with E-state index in [0.717, 1.165) is 5.56 Å². The third-order valence-corrected chi connectivity index (χ3v) is 2.51. The van der Waals surface area contributed by atoms with Crippen molar-refractivity contribution < 1.29 is 13.9 Å². The van der Waals surface area contributed by atoms with E-state index in [4.69, 9.17) is 4.42 Å². The van der Waals surface area contributed by atoms with Crippen LogP contribution in [0.1, 0.15) is 12.0 Å². The first-order valence-electron chi connectivity index (χ1n) is 5.45. The maximum absolute atomic E-state index is 11.6. The molecule has 0 bridgehead atoms. The highest BCUT2D eigenvalue weighted by Gasteiger charge is 2.00. The molecule has 2 aromatic rings. The summed E-state index contributed by atoms with van der Waals surface area (Å²) in [7, 11) is 1.34. The molecule has 1 heterocycles. The summed E-state index contributed by atoms with van der Waals surface area (Å²) in [5.41, 5.74) is 1.30. The van der Waals surface area contributed by atoms with Crippen LogP contribution >= 0.6 is 0 Å². The summed E-state index contributed by atoms with van der Waals surface area (Å²) in [6, 6.07) is 6.66. The number of carbonyl (C=O) groups is 1. The predicted octanol–water partition coefficient (Wildman–Crippen LogP) is 2.37. The van der Waals surface area contributed by atoms with Crippen LogP contribution in [0.4, 0.5) is 0 Å². The lowest BCUT2D eigenvalue weighted by atomic mass is 10.1. The molecule has 1 aromatic carbocycles. The Morgan fingerprint density at radius 2 is 2.22 bits per heavy atom. The first kappa shape index (κ1) is 12.1. The highest BCUT2D eigenvalue weighted by Crippen LogP contribution is 2.13. The van der Waals surface area contributed by atoms with Crippen molar-refractivity contribution in [3.63, 3.8) is 0 Å². The van der Waals surface area contributed by atoms with Gasteiger partial charge in [-0.05, 0) is 17.7 Å². The van der Waals surface area contributed by atoms with Crippen molar-refractivity contribution in [2.24, 2.45) is 0 Å². The molecule has 0 aliphatic carbocycles. The summed E-state index contributed by atoms with van der Waals surface area (Å²) in [5, 5.41) is 0.526. The number of carbonyl (C=O) groups excluding carboxylic acids is 1. The van der Waals surface area contributed by atoms with Crippen LogP contribution in [0.5, 0.6) is 0 Å². The fourth-order valence-corrected chi connectivity index (χ4v) is 1.58. The van der Waals surface area contributed by atoms with Gasteiger partial charge in [0, 0.05) is 6.07 Å². The van der Waals surface area contributed by atoms with Crippen LogP contribution in [-0.4, -0.2) is 13.1 Å².